The van der Waals surface area contributed by atoms with Crippen molar-refractivity contribution in [2.45, 2.75) is 37.8 Å². The minimum absolute atomic E-state index is 0.113. The van der Waals surface area contributed by atoms with Gasteiger partial charge in [-0.25, -0.2) is 0 Å². The van der Waals surface area contributed by atoms with Crippen molar-refractivity contribution in [2.75, 3.05) is 20.2 Å². The number of likely N-dealkylation sites (tertiary alicyclic amines) is 1. The molecule has 1 aliphatic rings. The van der Waals surface area contributed by atoms with Crippen LogP contribution in [0.4, 0.5) is 18.9 Å². The Balaban J connectivity index is 1.52. The normalized spacial score (nSPS) is 15.2. The number of methoxy groups -OCH3 is 1. The molecule has 0 unspecified atom stereocenters. The summed E-state index contributed by atoms with van der Waals surface area (Å²) in [5.74, 6) is -1.86. The number of hydrogen-bond acceptors (Lipinski definition) is 4. The van der Waals surface area contributed by atoms with Crippen LogP contribution in [0.25, 0.3) is 0 Å². The lowest BCUT2D eigenvalue weighted by Crippen LogP contribution is -2.45. The molecule has 0 radical (unpaired) electrons. The quantitative estimate of drug-likeness (QED) is 0.473. The summed E-state index contributed by atoms with van der Waals surface area (Å²) in [7, 11) is 1.37. The third-order valence-corrected chi connectivity index (χ3v) is 5.58. The first-order valence-corrected chi connectivity index (χ1v) is 10.4. The number of carbonyl (C=O) groups is 2. The smallest absolute Gasteiger partial charge is 0.469 e. The van der Waals surface area contributed by atoms with Crippen LogP contribution in [0.15, 0.2) is 53.5 Å². The van der Waals surface area contributed by atoms with Crippen LogP contribution >= 0.6 is 0 Å². The van der Waals surface area contributed by atoms with Crippen molar-refractivity contribution in [3.63, 3.8) is 0 Å². The van der Waals surface area contributed by atoms with Gasteiger partial charge in [-0.05, 0) is 54.0 Å². The van der Waals surface area contributed by atoms with E-state index in [2.05, 4.69) is 9.73 Å². The highest BCUT2D eigenvalue weighted by Crippen LogP contribution is 2.30. The van der Waals surface area contributed by atoms with E-state index in [1.54, 1.807) is 6.21 Å². The largest absolute Gasteiger partial charge is 0.471 e. The van der Waals surface area contributed by atoms with E-state index in [-0.39, 0.29) is 25.0 Å². The van der Waals surface area contributed by atoms with Crippen LogP contribution in [0.5, 0.6) is 0 Å². The maximum atomic E-state index is 12.6. The fourth-order valence-electron chi connectivity index (χ4n) is 3.70. The molecule has 0 spiro atoms. The number of nitrogens with zero attached hydrogens (tertiary/aromatic N) is 2. The lowest BCUT2D eigenvalue weighted by Gasteiger charge is -2.32. The van der Waals surface area contributed by atoms with Crippen LogP contribution in [0.1, 0.15) is 41.9 Å². The zero-order valence-corrected chi connectivity index (χ0v) is 17.8. The molecule has 5 nitrogen and oxygen atoms in total. The van der Waals surface area contributed by atoms with Crippen molar-refractivity contribution in [2.24, 2.45) is 4.99 Å². The van der Waals surface area contributed by atoms with E-state index in [0.717, 1.165) is 27.3 Å². The molecule has 0 saturated carbocycles. The molecule has 1 fully saturated rings. The first-order chi connectivity index (χ1) is 15.3. The van der Waals surface area contributed by atoms with E-state index in [9.17, 15) is 22.8 Å². The molecule has 8 heteroatoms. The van der Waals surface area contributed by atoms with Gasteiger partial charge in [-0.2, -0.15) is 13.2 Å². The standard InChI is InChI=1S/C24H25F3N2O3/c1-32-22(30)11-6-17-4-9-21(10-5-17)28-16-18-2-7-19(8-3-18)20-12-14-29(15-13-20)23(31)24(25,26)27/h2-5,7-10,16,20H,6,11-15H2,1H3. The highest BCUT2D eigenvalue weighted by atomic mass is 19.4. The number of hydrogen-bond donors (Lipinski definition) is 0. The minimum Gasteiger partial charge on any atom is -0.469 e. The summed E-state index contributed by atoms with van der Waals surface area (Å²) in [6.45, 7) is 0.226. The zero-order valence-electron chi connectivity index (χ0n) is 17.8. The number of rotatable bonds is 6. The topological polar surface area (TPSA) is 59.0 Å². The van der Waals surface area contributed by atoms with E-state index >= 15 is 0 Å². The molecule has 0 aromatic heterocycles. The SMILES string of the molecule is COC(=O)CCc1ccc(N=Cc2ccc(C3CCN(C(=O)C(F)(F)F)CC3)cc2)cc1. The molecule has 0 atom stereocenters. The summed E-state index contributed by atoms with van der Waals surface area (Å²) in [4.78, 5) is 27.9. The van der Waals surface area contributed by atoms with Crippen LogP contribution in [-0.2, 0) is 20.7 Å². The molecule has 1 aliphatic heterocycles. The number of alkyl halides is 3. The first kappa shape index (κ1) is 23.5. The van der Waals surface area contributed by atoms with E-state index in [0.29, 0.717) is 25.7 Å². The Labute approximate surface area is 184 Å². The summed E-state index contributed by atoms with van der Waals surface area (Å²) in [6, 6.07) is 15.4. The van der Waals surface area contributed by atoms with E-state index < -0.39 is 12.1 Å². The molecule has 170 valence electrons. The number of benzene rings is 2. The maximum Gasteiger partial charge on any atom is 0.471 e. The first-order valence-electron chi connectivity index (χ1n) is 10.4. The predicted molar refractivity (Wildman–Crippen MR) is 115 cm³/mol. The molecule has 3 rings (SSSR count). The highest BCUT2D eigenvalue weighted by molar-refractivity contribution is 5.82. The zero-order chi connectivity index (χ0) is 23.1. The Morgan fingerprint density at radius 2 is 1.69 bits per heavy atom. The van der Waals surface area contributed by atoms with Crippen molar-refractivity contribution < 1.29 is 27.5 Å². The van der Waals surface area contributed by atoms with Gasteiger partial charge in [-0.3, -0.25) is 14.6 Å². The number of amides is 1. The molecule has 1 heterocycles. The third-order valence-electron chi connectivity index (χ3n) is 5.58. The second-order valence-corrected chi connectivity index (χ2v) is 7.73. The lowest BCUT2D eigenvalue weighted by atomic mass is 9.89. The Hall–Kier alpha value is -3.16. The average molecular weight is 446 g/mol. The molecule has 1 saturated heterocycles. The minimum atomic E-state index is -4.81. The molecule has 1 amide bonds. The van der Waals surface area contributed by atoms with Crippen LogP contribution in [-0.4, -0.2) is 49.4 Å². The number of aryl methyl sites for hydroxylation is 1. The number of halogens is 3. The summed E-state index contributed by atoms with van der Waals surface area (Å²) >= 11 is 0. The van der Waals surface area contributed by atoms with Crippen LogP contribution in [0.2, 0.25) is 0 Å². The Morgan fingerprint density at radius 3 is 2.25 bits per heavy atom. The lowest BCUT2D eigenvalue weighted by molar-refractivity contribution is -0.186. The monoisotopic (exact) mass is 446 g/mol. The molecular weight excluding hydrogens is 421 g/mol. The van der Waals surface area contributed by atoms with Gasteiger partial charge in [0.05, 0.1) is 12.8 Å². The van der Waals surface area contributed by atoms with Crippen LogP contribution in [0.3, 0.4) is 0 Å². The van der Waals surface area contributed by atoms with Gasteiger partial charge in [0.1, 0.15) is 0 Å². The average Bonchev–Trinajstić information content (AvgIpc) is 2.81. The predicted octanol–water partition coefficient (Wildman–Crippen LogP) is 4.81. The Morgan fingerprint density at radius 1 is 1.06 bits per heavy atom. The van der Waals surface area contributed by atoms with Crippen molar-refractivity contribution in [3.05, 3.63) is 65.2 Å². The third kappa shape index (κ3) is 6.42. The fourth-order valence-corrected chi connectivity index (χ4v) is 3.70. The number of piperidine rings is 1. The van der Waals surface area contributed by atoms with Crippen LogP contribution in [0, 0.1) is 0 Å². The Kier molecular flexibility index (Phi) is 7.66. The van der Waals surface area contributed by atoms with Gasteiger partial charge in [-0.1, -0.05) is 36.4 Å². The van der Waals surface area contributed by atoms with Crippen molar-refractivity contribution in [3.8, 4) is 0 Å². The molecule has 32 heavy (non-hydrogen) atoms. The second-order valence-electron chi connectivity index (χ2n) is 7.73. The molecule has 0 bridgehead atoms. The van der Waals surface area contributed by atoms with Gasteiger partial charge in [0.2, 0.25) is 0 Å². The van der Waals surface area contributed by atoms with E-state index in [4.69, 9.17) is 0 Å². The number of esters is 1. The van der Waals surface area contributed by atoms with Crippen molar-refractivity contribution in [1.29, 1.82) is 0 Å². The van der Waals surface area contributed by atoms with Gasteiger partial charge in [0.25, 0.3) is 0 Å². The van der Waals surface area contributed by atoms with Gasteiger partial charge >= 0.3 is 18.1 Å². The van der Waals surface area contributed by atoms with Gasteiger partial charge in [0, 0.05) is 25.7 Å². The fraction of sp³-hybridized carbons (Fsp3) is 0.375. The number of carbonyl (C=O) groups excluding carboxylic acids is 2. The molecule has 2 aromatic rings. The summed E-state index contributed by atoms with van der Waals surface area (Å²) in [5, 5.41) is 0. The molecule has 0 N–H and O–H groups in total. The van der Waals surface area contributed by atoms with Gasteiger partial charge in [-0.15, -0.1) is 0 Å². The summed E-state index contributed by atoms with van der Waals surface area (Å²) < 4.78 is 42.3. The van der Waals surface area contributed by atoms with Gasteiger partial charge in [0.15, 0.2) is 0 Å². The Bertz CT molecular complexity index is 946. The van der Waals surface area contributed by atoms with E-state index in [1.165, 1.54) is 7.11 Å². The number of aliphatic imine (C=N–C) groups is 1. The second kappa shape index (κ2) is 10.4. The van der Waals surface area contributed by atoms with E-state index in [1.807, 2.05) is 48.5 Å². The molecule has 0 aliphatic carbocycles. The van der Waals surface area contributed by atoms with Gasteiger partial charge < -0.3 is 9.64 Å². The van der Waals surface area contributed by atoms with Crippen LogP contribution < -0.4 is 0 Å². The van der Waals surface area contributed by atoms with Crippen molar-refractivity contribution >= 4 is 23.8 Å². The van der Waals surface area contributed by atoms with Crippen molar-refractivity contribution in [1.82, 2.24) is 4.90 Å². The maximum absolute atomic E-state index is 12.6. The molecular formula is C24H25F3N2O3. The highest BCUT2D eigenvalue weighted by Gasteiger charge is 2.43. The summed E-state index contributed by atoms with van der Waals surface area (Å²) in [5.41, 5.74) is 3.78. The molecule has 2 aromatic carbocycles. The summed E-state index contributed by atoms with van der Waals surface area (Å²) in [6.07, 6.45) is -1.09. The number of ether oxygens (including phenoxy) is 1.